The molecule has 0 radical (unpaired) electrons. The number of ether oxygens (including phenoxy) is 2. The molecular weight excluding hydrogens is 526 g/mol. The standard InChI is InChI=1S/C23H22BrN3O6S/c1-32-19-10-14(15(24)12-18(19)28)11-20-22(30)27(23(31)34-20)13-21(29)25-16-4-2-3-5-17(16)26-6-8-33-9-7-26/h2-5,10-12,28H,6-9,13H2,1H3,(H,25,29)/b20-11-. The fraction of sp³-hybridized carbons (Fsp3) is 0.261. The molecule has 2 N–H and O–H groups in total. The van der Waals surface area contributed by atoms with Gasteiger partial charge >= 0.3 is 0 Å². The van der Waals surface area contributed by atoms with Crippen molar-refractivity contribution in [3.63, 3.8) is 0 Å². The van der Waals surface area contributed by atoms with Gasteiger partial charge in [-0.05, 0) is 47.7 Å². The summed E-state index contributed by atoms with van der Waals surface area (Å²) in [5.41, 5.74) is 2.01. The van der Waals surface area contributed by atoms with Gasteiger partial charge in [0.2, 0.25) is 5.91 Å². The Kier molecular flexibility index (Phi) is 7.44. The predicted molar refractivity (Wildman–Crippen MR) is 133 cm³/mol. The molecule has 178 valence electrons. The summed E-state index contributed by atoms with van der Waals surface area (Å²) in [7, 11) is 1.41. The van der Waals surface area contributed by atoms with Crippen LogP contribution >= 0.6 is 27.7 Å². The van der Waals surface area contributed by atoms with Gasteiger partial charge < -0.3 is 24.8 Å². The fourth-order valence-corrected chi connectivity index (χ4v) is 4.88. The maximum absolute atomic E-state index is 12.9. The summed E-state index contributed by atoms with van der Waals surface area (Å²) in [5.74, 6) is -0.872. The second-order valence-corrected chi connectivity index (χ2v) is 9.33. The van der Waals surface area contributed by atoms with E-state index in [1.165, 1.54) is 19.3 Å². The number of hydrogen-bond donors (Lipinski definition) is 2. The molecule has 0 aliphatic carbocycles. The predicted octanol–water partition coefficient (Wildman–Crippen LogP) is 3.67. The Morgan fingerprint density at radius 2 is 2.00 bits per heavy atom. The molecule has 2 aliphatic rings. The van der Waals surface area contributed by atoms with E-state index in [9.17, 15) is 19.5 Å². The zero-order chi connectivity index (χ0) is 24.2. The summed E-state index contributed by atoms with van der Waals surface area (Å²) < 4.78 is 11.0. The Morgan fingerprint density at radius 1 is 1.26 bits per heavy atom. The highest BCUT2D eigenvalue weighted by Gasteiger charge is 2.36. The summed E-state index contributed by atoms with van der Waals surface area (Å²) in [6, 6.07) is 10.4. The number of para-hydroxylation sites is 2. The Bertz CT molecular complexity index is 1170. The van der Waals surface area contributed by atoms with E-state index in [0.717, 1.165) is 22.3 Å². The number of imide groups is 1. The summed E-state index contributed by atoms with van der Waals surface area (Å²) in [6.45, 7) is 2.22. The molecule has 3 amide bonds. The second-order valence-electron chi connectivity index (χ2n) is 7.48. The lowest BCUT2D eigenvalue weighted by molar-refractivity contribution is -0.127. The number of anilines is 2. The molecule has 34 heavy (non-hydrogen) atoms. The van der Waals surface area contributed by atoms with E-state index in [1.807, 2.05) is 18.2 Å². The molecule has 2 heterocycles. The number of benzene rings is 2. The molecule has 0 bridgehead atoms. The number of rotatable bonds is 6. The van der Waals surface area contributed by atoms with E-state index < -0.39 is 23.6 Å². The summed E-state index contributed by atoms with van der Waals surface area (Å²) >= 11 is 4.08. The fourth-order valence-electron chi connectivity index (χ4n) is 3.60. The number of phenolic OH excluding ortho intramolecular Hbond substituents is 1. The first-order chi connectivity index (χ1) is 16.4. The molecule has 4 rings (SSSR count). The smallest absolute Gasteiger partial charge is 0.294 e. The number of thioether (sulfide) groups is 1. The molecule has 2 aliphatic heterocycles. The Morgan fingerprint density at radius 3 is 2.74 bits per heavy atom. The maximum Gasteiger partial charge on any atom is 0.294 e. The van der Waals surface area contributed by atoms with Gasteiger partial charge in [-0.1, -0.05) is 28.1 Å². The summed E-state index contributed by atoms with van der Waals surface area (Å²) in [5, 5.41) is 12.2. The number of phenols is 1. The quantitative estimate of drug-likeness (QED) is 0.527. The molecule has 2 fully saturated rings. The first kappa shape index (κ1) is 24.1. The third kappa shape index (κ3) is 5.21. The lowest BCUT2D eigenvalue weighted by Crippen LogP contribution is -2.38. The van der Waals surface area contributed by atoms with Crippen LogP contribution in [0.5, 0.6) is 11.5 Å². The highest BCUT2D eigenvalue weighted by molar-refractivity contribution is 9.10. The summed E-state index contributed by atoms with van der Waals surface area (Å²) in [6.07, 6.45) is 1.52. The average Bonchev–Trinajstić information content (AvgIpc) is 3.09. The second kappa shape index (κ2) is 10.5. The number of aromatic hydroxyl groups is 1. The molecule has 9 nitrogen and oxygen atoms in total. The number of nitrogens with one attached hydrogen (secondary N) is 1. The minimum absolute atomic E-state index is 0.0614. The minimum Gasteiger partial charge on any atom is -0.504 e. The maximum atomic E-state index is 12.9. The number of carbonyl (C=O) groups excluding carboxylic acids is 3. The van der Waals surface area contributed by atoms with Gasteiger partial charge in [-0.3, -0.25) is 19.3 Å². The van der Waals surface area contributed by atoms with Crippen molar-refractivity contribution in [2.24, 2.45) is 0 Å². The Labute approximate surface area is 208 Å². The van der Waals surface area contributed by atoms with Crippen molar-refractivity contribution in [3.8, 4) is 11.5 Å². The highest BCUT2D eigenvalue weighted by atomic mass is 79.9. The third-order valence-corrected chi connectivity index (χ3v) is 6.88. The molecule has 11 heteroatoms. The van der Waals surface area contributed by atoms with Crippen molar-refractivity contribution >= 4 is 62.2 Å². The van der Waals surface area contributed by atoms with Crippen LogP contribution in [0.1, 0.15) is 5.56 Å². The monoisotopic (exact) mass is 547 g/mol. The van der Waals surface area contributed by atoms with Gasteiger partial charge in [0.05, 0.1) is 36.6 Å². The number of hydrogen-bond acceptors (Lipinski definition) is 8. The first-order valence-electron chi connectivity index (χ1n) is 10.4. The van der Waals surface area contributed by atoms with Crippen LogP contribution in [-0.4, -0.2) is 67.0 Å². The van der Waals surface area contributed by atoms with Crippen LogP contribution in [0.3, 0.4) is 0 Å². The van der Waals surface area contributed by atoms with E-state index in [-0.39, 0.29) is 16.4 Å². The van der Waals surface area contributed by atoms with Crippen LogP contribution < -0.4 is 15.0 Å². The lowest BCUT2D eigenvalue weighted by atomic mass is 10.2. The minimum atomic E-state index is -0.564. The van der Waals surface area contributed by atoms with Crippen LogP contribution in [0.25, 0.3) is 6.08 Å². The number of carbonyl (C=O) groups is 3. The van der Waals surface area contributed by atoms with E-state index in [2.05, 4.69) is 26.1 Å². The van der Waals surface area contributed by atoms with E-state index in [1.54, 1.807) is 12.1 Å². The SMILES string of the molecule is COc1cc(/C=C2\SC(=O)N(CC(=O)Nc3ccccc3N3CCOCC3)C2=O)c(Br)cc1O. The van der Waals surface area contributed by atoms with Crippen LogP contribution in [0.15, 0.2) is 45.8 Å². The molecule has 2 aromatic carbocycles. The van der Waals surface area contributed by atoms with Crippen molar-refractivity contribution in [1.29, 1.82) is 0 Å². The first-order valence-corrected chi connectivity index (χ1v) is 12.0. The largest absolute Gasteiger partial charge is 0.504 e. The molecule has 2 aromatic rings. The molecule has 0 saturated carbocycles. The van der Waals surface area contributed by atoms with Crippen LogP contribution in [0.4, 0.5) is 16.2 Å². The van der Waals surface area contributed by atoms with Gasteiger partial charge in [0.25, 0.3) is 11.1 Å². The highest BCUT2D eigenvalue weighted by Crippen LogP contribution is 2.37. The van der Waals surface area contributed by atoms with Crippen LogP contribution in [0, 0.1) is 0 Å². The number of amides is 3. The van der Waals surface area contributed by atoms with Crippen molar-refractivity contribution < 1.29 is 29.0 Å². The normalized spacial score (nSPS) is 17.4. The van der Waals surface area contributed by atoms with Gasteiger partial charge in [-0.15, -0.1) is 0 Å². The van der Waals surface area contributed by atoms with Gasteiger partial charge in [0.1, 0.15) is 6.54 Å². The van der Waals surface area contributed by atoms with Crippen LogP contribution in [0.2, 0.25) is 0 Å². The topological polar surface area (TPSA) is 108 Å². The molecule has 0 unspecified atom stereocenters. The third-order valence-electron chi connectivity index (χ3n) is 5.29. The van der Waals surface area contributed by atoms with Crippen molar-refractivity contribution in [1.82, 2.24) is 4.90 Å². The summed E-state index contributed by atoms with van der Waals surface area (Å²) in [4.78, 5) is 41.3. The van der Waals surface area contributed by atoms with Gasteiger partial charge in [0, 0.05) is 17.6 Å². The number of halogens is 1. The Hall–Kier alpha value is -3.02. The average molecular weight is 548 g/mol. The number of methoxy groups -OCH3 is 1. The zero-order valence-electron chi connectivity index (χ0n) is 18.2. The van der Waals surface area contributed by atoms with Gasteiger partial charge in [0.15, 0.2) is 11.5 Å². The van der Waals surface area contributed by atoms with E-state index >= 15 is 0 Å². The van der Waals surface area contributed by atoms with E-state index in [4.69, 9.17) is 9.47 Å². The van der Waals surface area contributed by atoms with Gasteiger partial charge in [-0.2, -0.15) is 0 Å². The molecular formula is C23H22BrN3O6S. The van der Waals surface area contributed by atoms with Crippen molar-refractivity contribution in [2.75, 3.05) is 50.2 Å². The van der Waals surface area contributed by atoms with Gasteiger partial charge in [-0.25, -0.2) is 0 Å². The molecule has 0 aromatic heterocycles. The number of nitrogens with zero attached hydrogens (tertiary/aromatic N) is 2. The zero-order valence-corrected chi connectivity index (χ0v) is 20.6. The molecule has 0 atom stereocenters. The molecule has 2 saturated heterocycles. The molecule has 0 spiro atoms. The van der Waals surface area contributed by atoms with E-state index in [0.29, 0.717) is 42.0 Å². The van der Waals surface area contributed by atoms with Crippen molar-refractivity contribution in [2.45, 2.75) is 0 Å². The van der Waals surface area contributed by atoms with Crippen molar-refractivity contribution in [3.05, 3.63) is 51.3 Å². The van der Waals surface area contributed by atoms with Crippen LogP contribution in [-0.2, 0) is 14.3 Å². The Balaban J connectivity index is 1.47. The number of morpholine rings is 1. The lowest BCUT2D eigenvalue weighted by Gasteiger charge is -2.30.